The van der Waals surface area contributed by atoms with Crippen molar-refractivity contribution >= 4 is 69.0 Å². The molecule has 182 valence electrons. The number of rotatable bonds is 8. The molecule has 9 heteroatoms. The van der Waals surface area contributed by atoms with Crippen molar-refractivity contribution in [1.29, 1.82) is 0 Å². The molecule has 6 rings (SSSR count). The number of aryl methyl sites for hydroxylation is 2. The van der Waals surface area contributed by atoms with Gasteiger partial charge in [-0.15, -0.1) is 0 Å². The van der Waals surface area contributed by atoms with Crippen molar-refractivity contribution in [2.45, 2.75) is 13.8 Å². The van der Waals surface area contributed by atoms with Crippen LogP contribution in [0.25, 0.3) is 32.7 Å². The van der Waals surface area contributed by atoms with Gasteiger partial charge in [-0.25, -0.2) is 0 Å². The van der Waals surface area contributed by atoms with E-state index in [0.717, 1.165) is 55.6 Å². The number of hydrogen-bond donors (Lipinski definition) is 0. The summed E-state index contributed by atoms with van der Waals surface area (Å²) >= 11 is -3.23. The molecule has 0 aliphatic rings. The summed E-state index contributed by atoms with van der Waals surface area (Å²) in [7, 11) is 0. The molecule has 0 aliphatic heterocycles. The molecule has 2 radical (unpaired) electrons. The number of nitrogens with zero attached hydrogens (tertiary/aromatic N) is 3. The van der Waals surface area contributed by atoms with Gasteiger partial charge in [-0.05, 0) is 0 Å². The Morgan fingerprint density at radius 2 is 1.11 bits per heavy atom. The van der Waals surface area contributed by atoms with Crippen molar-refractivity contribution in [1.82, 2.24) is 15.0 Å². The molecule has 0 atom stereocenters. The van der Waals surface area contributed by atoms with Gasteiger partial charge in [0.05, 0.1) is 0 Å². The molecule has 0 spiro atoms. The summed E-state index contributed by atoms with van der Waals surface area (Å²) in [6, 6.07) is 29.6. The number of benzene rings is 3. The van der Waals surface area contributed by atoms with Crippen LogP contribution >= 0.6 is 0 Å². The summed E-state index contributed by atoms with van der Waals surface area (Å²) in [5, 5.41) is 2.98. The van der Waals surface area contributed by atoms with Crippen LogP contribution in [-0.4, -0.2) is 51.2 Å². The van der Waals surface area contributed by atoms with E-state index in [1.165, 1.54) is 0 Å². The Bertz CT molecular complexity index is 1780. The van der Waals surface area contributed by atoms with Gasteiger partial charge in [0.2, 0.25) is 0 Å². The SMILES string of the molecule is Cc1ccc2cccc([O][Ga][O]c3cc([O][Ga][O]c4cccc5ccc(C)nc45)c4ccccc4n3)c2n1. The van der Waals surface area contributed by atoms with Crippen molar-refractivity contribution in [2.75, 3.05) is 0 Å². The van der Waals surface area contributed by atoms with Gasteiger partial charge < -0.3 is 0 Å². The van der Waals surface area contributed by atoms with Gasteiger partial charge in [0.1, 0.15) is 0 Å². The van der Waals surface area contributed by atoms with E-state index in [2.05, 4.69) is 21.0 Å². The monoisotopic (exact) mass is 613 g/mol. The molecule has 38 heavy (non-hydrogen) atoms. The topological polar surface area (TPSA) is 75.6 Å². The van der Waals surface area contributed by atoms with E-state index in [1.807, 2.05) is 98.8 Å². The summed E-state index contributed by atoms with van der Waals surface area (Å²) < 4.78 is 24.5. The van der Waals surface area contributed by atoms with Gasteiger partial charge in [-0.3, -0.25) is 0 Å². The molecular weight excluding hydrogens is 594 g/mol. The Labute approximate surface area is 236 Å². The second-order valence-corrected chi connectivity index (χ2v) is 11.5. The molecular formula is C29H21Ga2N3O4. The molecule has 0 fully saturated rings. The third-order valence-corrected chi connectivity index (χ3v) is 8.91. The maximum atomic E-state index is 6.23. The van der Waals surface area contributed by atoms with Crippen LogP contribution in [0.1, 0.15) is 11.4 Å². The molecule has 0 saturated heterocycles. The van der Waals surface area contributed by atoms with E-state index in [-0.39, 0.29) is 0 Å². The van der Waals surface area contributed by atoms with Gasteiger partial charge in [0.15, 0.2) is 0 Å². The number of fused-ring (bicyclic) bond motifs is 3. The average Bonchev–Trinajstić information content (AvgIpc) is 2.93. The fraction of sp³-hybridized carbons (Fsp3) is 0.0690. The van der Waals surface area contributed by atoms with E-state index in [9.17, 15) is 0 Å². The Balaban J connectivity index is 1.19. The summed E-state index contributed by atoms with van der Waals surface area (Å²) in [6.45, 7) is 3.94. The van der Waals surface area contributed by atoms with Crippen molar-refractivity contribution in [2.24, 2.45) is 0 Å². The summed E-state index contributed by atoms with van der Waals surface area (Å²) in [4.78, 5) is 14.0. The molecule has 6 aromatic rings. The van der Waals surface area contributed by atoms with Crippen LogP contribution < -0.4 is 14.1 Å². The Kier molecular flexibility index (Phi) is 7.15. The van der Waals surface area contributed by atoms with Crippen LogP contribution in [0.5, 0.6) is 23.1 Å². The zero-order valence-electron chi connectivity index (χ0n) is 20.8. The van der Waals surface area contributed by atoms with Gasteiger partial charge >= 0.3 is 237 Å². The first-order chi connectivity index (χ1) is 18.6. The Hall–Kier alpha value is -3.64. The second-order valence-electron chi connectivity index (χ2n) is 8.70. The van der Waals surface area contributed by atoms with E-state index >= 15 is 0 Å². The van der Waals surface area contributed by atoms with E-state index in [0.29, 0.717) is 11.6 Å². The van der Waals surface area contributed by atoms with Gasteiger partial charge in [-0.2, -0.15) is 0 Å². The van der Waals surface area contributed by atoms with Crippen LogP contribution in [0.4, 0.5) is 0 Å². The predicted octanol–water partition coefficient (Wildman–Crippen LogP) is 5.93. The predicted molar refractivity (Wildman–Crippen MR) is 149 cm³/mol. The van der Waals surface area contributed by atoms with Crippen LogP contribution in [-0.2, 0) is 0 Å². The van der Waals surface area contributed by atoms with Gasteiger partial charge in [0.25, 0.3) is 0 Å². The zero-order valence-corrected chi connectivity index (χ0v) is 25.6. The van der Waals surface area contributed by atoms with E-state index < -0.39 is 36.3 Å². The van der Waals surface area contributed by atoms with Crippen molar-refractivity contribution in [3.8, 4) is 23.1 Å². The zero-order chi connectivity index (χ0) is 25.9. The molecule has 0 amide bonds. The molecule has 0 saturated carbocycles. The number of pyridine rings is 3. The molecule has 0 bridgehead atoms. The second kappa shape index (κ2) is 11.0. The Morgan fingerprint density at radius 3 is 1.76 bits per heavy atom. The fourth-order valence-corrected chi connectivity index (χ4v) is 6.68. The van der Waals surface area contributed by atoms with Crippen LogP contribution in [0.15, 0.2) is 91.0 Å². The van der Waals surface area contributed by atoms with Gasteiger partial charge in [0, 0.05) is 0 Å². The first-order valence-electron chi connectivity index (χ1n) is 12.1. The molecule has 3 aromatic heterocycles. The summed E-state index contributed by atoms with van der Waals surface area (Å²) in [5.41, 5.74) is 4.36. The molecule has 3 heterocycles. The first kappa shape index (κ1) is 24.7. The summed E-state index contributed by atoms with van der Waals surface area (Å²) in [6.07, 6.45) is 0. The first-order valence-corrected chi connectivity index (χ1v) is 16.0. The number of aromatic nitrogens is 3. The normalized spacial score (nSPS) is 10.9. The molecule has 0 unspecified atom stereocenters. The molecule has 3 aromatic carbocycles. The van der Waals surface area contributed by atoms with Crippen LogP contribution in [0, 0.1) is 13.8 Å². The average molecular weight is 615 g/mol. The van der Waals surface area contributed by atoms with Crippen molar-refractivity contribution in [3.05, 3.63) is 102 Å². The standard InChI is InChI=1S/2C10H9NO.C9H7NO2.2Ga/c2*1-7-5-6-8-3-2-4-9(12)10(8)11-7;11-8-5-9(12)10-7-4-2-1-3-6(7)8;;/h2*2-6,12H,1H3;1-5H,(H2,10,11,12);;/q;;;2*+2/p-4. The third kappa shape index (κ3) is 5.32. The number of hydrogen-bond acceptors (Lipinski definition) is 7. The summed E-state index contributed by atoms with van der Waals surface area (Å²) in [5.74, 6) is 2.63. The van der Waals surface area contributed by atoms with Gasteiger partial charge in [-0.1, -0.05) is 0 Å². The third-order valence-electron chi connectivity index (χ3n) is 5.99. The quantitative estimate of drug-likeness (QED) is 0.197. The van der Waals surface area contributed by atoms with Crippen LogP contribution in [0.3, 0.4) is 0 Å². The molecule has 0 aliphatic carbocycles. The van der Waals surface area contributed by atoms with Crippen LogP contribution in [0.2, 0.25) is 0 Å². The minimum atomic E-state index is -1.62. The minimum absolute atomic E-state index is 0.475. The van der Waals surface area contributed by atoms with E-state index in [1.54, 1.807) is 0 Å². The molecule has 7 nitrogen and oxygen atoms in total. The maximum absolute atomic E-state index is 6.23. The number of para-hydroxylation sites is 3. The van der Waals surface area contributed by atoms with Crippen molar-refractivity contribution < 1.29 is 14.1 Å². The fourth-order valence-electron chi connectivity index (χ4n) is 4.16. The van der Waals surface area contributed by atoms with Crippen molar-refractivity contribution in [3.63, 3.8) is 0 Å². The Morgan fingerprint density at radius 1 is 0.526 bits per heavy atom. The molecule has 0 N–H and O–H groups in total. The van der Waals surface area contributed by atoms with E-state index in [4.69, 9.17) is 14.1 Å².